The Bertz CT molecular complexity index is 536. The Morgan fingerprint density at radius 1 is 0.917 bits per heavy atom. The van der Waals surface area contributed by atoms with E-state index in [9.17, 15) is 0 Å². The second kappa shape index (κ2) is 9.00. The first-order valence-electron chi connectivity index (χ1n) is 9.19. The summed E-state index contributed by atoms with van der Waals surface area (Å²) >= 11 is 0. The van der Waals surface area contributed by atoms with E-state index in [2.05, 4.69) is 65.6 Å². The smallest absolute Gasteiger partial charge is 0.0474 e. The first kappa shape index (κ1) is 17.2. The van der Waals surface area contributed by atoms with Crippen LogP contribution in [0.15, 0.2) is 60.7 Å². The summed E-state index contributed by atoms with van der Waals surface area (Å²) in [5.74, 6) is 1.25. The van der Waals surface area contributed by atoms with Crippen molar-refractivity contribution in [1.82, 2.24) is 4.90 Å². The molecule has 128 valence electrons. The van der Waals surface area contributed by atoms with Crippen LogP contribution in [0.1, 0.15) is 36.3 Å². The summed E-state index contributed by atoms with van der Waals surface area (Å²) in [4.78, 5) is 2.60. The van der Waals surface area contributed by atoms with Gasteiger partial charge in [-0.15, -0.1) is 0 Å². The molecule has 2 aromatic carbocycles. The van der Waals surface area contributed by atoms with Gasteiger partial charge in [-0.05, 0) is 49.4 Å². The van der Waals surface area contributed by atoms with E-state index in [-0.39, 0.29) is 0 Å². The largest absolute Gasteiger partial charge is 0.385 e. The molecule has 1 fully saturated rings. The molecule has 0 N–H and O–H groups in total. The lowest BCUT2D eigenvalue weighted by molar-refractivity contribution is 0.142. The van der Waals surface area contributed by atoms with Crippen molar-refractivity contribution in [3.63, 3.8) is 0 Å². The summed E-state index contributed by atoms with van der Waals surface area (Å²) < 4.78 is 5.18. The van der Waals surface area contributed by atoms with Crippen molar-refractivity contribution in [2.75, 3.05) is 33.4 Å². The van der Waals surface area contributed by atoms with Crippen molar-refractivity contribution in [3.05, 3.63) is 71.8 Å². The molecule has 0 aromatic heterocycles. The van der Waals surface area contributed by atoms with E-state index in [0.29, 0.717) is 5.92 Å². The Morgan fingerprint density at radius 3 is 1.96 bits per heavy atom. The van der Waals surface area contributed by atoms with Gasteiger partial charge >= 0.3 is 0 Å². The van der Waals surface area contributed by atoms with Crippen molar-refractivity contribution in [2.24, 2.45) is 5.92 Å². The highest BCUT2D eigenvalue weighted by atomic mass is 16.5. The average molecular weight is 323 g/mol. The molecule has 0 radical (unpaired) electrons. The van der Waals surface area contributed by atoms with E-state index in [1.807, 2.05) is 0 Å². The number of methoxy groups -OCH3 is 1. The number of nitrogens with zero attached hydrogens (tertiary/aromatic N) is 1. The van der Waals surface area contributed by atoms with Crippen molar-refractivity contribution in [2.45, 2.75) is 25.2 Å². The number of hydrogen-bond acceptors (Lipinski definition) is 2. The molecule has 0 bridgehead atoms. The molecule has 0 aliphatic carbocycles. The van der Waals surface area contributed by atoms with Crippen molar-refractivity contribution in [1.29, 1.82) is 0 Å². The highest BCUT2D eigenvalue weighted by Gasteiger charge is 2.28. The van der Waals surface area contributed by atoms with Gasteiger partial charge in [-0.1, -0.05) is 60.7 Å². The van der Waals surface area contributed by atoms with Gasteiger partial charge in [-0.2, -0.15) is 0 Å². The lowest BCUT2D eigenvalue weighted by Crippen LogP contribution is -2.36. The molecule has 0 saturated carbocycles. The van der Waals surface area contributed by atoms with Crippen LogP contribution in [0.25, 0.3) is 0 Å². The zero-order valence-electron chi connectivity index (χ0n) is 14.7. The number of piperidine rings is 1. The first-order chi connectivity index (χ1) is 11.9. The molecule has 0 spiro atoms. The second-order valence-corrected chi connectivity index (χ2v) is 6.82. The summed E-state index contributed by atoms with van der Waals surface area (Å²) in [6.45, 7) is 4.47. The number of ether oxygens (including phenoxy) is 1. The van der Waals surface area contributed by atoms with Crippen LogP contribution in [-0.4, -0.2) is 38.3 Å². The standard InChI is InChI=1S/C22H29NO/c1-24-18-8-15-23-16-13-21(14-17-23)22(19-9-4-2-5-10-19)20-11-6-3-7-12-20/h2-7,9-12,21-22H,8,13-18H2,1H3. The van der Waals surface area contributed by atoms with Gasteiger partial charge in [0.2, 0.25) is 0 Å². The van der Waals surface area contributed by atoms with E-state index in [4.69, 9.17) is 4.74 Å². The quantitative estimate of drug-likeness (QED) is 0.692. The van der Waals surface area contributed by atoms with Gasteiger partial charge in [0.15, 0.2) is 0 Å². The summed E-state index contributed by atoms with van der Waals surface area (Å²) in [5.41, 5.74) is 2.92. The van der Waals surface area contributed by atoms with Gasteiger partial charge < -0.3 is 9.64 Å². The summed E-state index contributed by atoms with van der Waals surface area (Å²) in [6, 6.07) is 22.1. The van der Waals surface area contributed by atoms with E-state index in [0.717, 1.165) is 18.9 Å². The lowest BCUT2D eigenvalue weighted by Gasteiger charge is -2.36. The van der Waals surface area contributed by atoms with Crippen LogP contribution in [0.4, 0.5) is 0 Å². The normalized spacial score (nSPS) is 16.6. The zero-order valence-corrected chi connectivity index (χ0v) is 14.7. The van der Waals surface area contributed by atoms with Gasteiger partial charge in [-0.25, -0.2) is 0 Å². The van der Waals surface area contributed by atoms with Gasteiger partial charge in [0.05, 0.1) is 0 Å². The average Bonchev–Trinajstić information content (AvgIpc) is 2.65. The first-order valence-corrected chi connectivity index (χ1v) is 9.19. The Kier molecular flexibility index (Phi) is 6.45. The Hall–Kier alpha value is -1.64. The molecule has 2 nitrogen and oxygen atoms in total. The number of benzene rings is 2. The SMILES string of the molecule is COCCCN1CCC(C(c2ccccc2)c2ccccc2)CC1. The minimum atomic E-state index is 0.522. The second-order valence-electron chi connectivity index (χ2n) is 6.82. The highest BCUT2D eigenvalue weighted by molar-refractivity contribution is 5.33. The molecule has 0 amide bonds. The third-order valence-corrected chi connectivity index (χ3v) is 5.24. The molecular formula is C22H29NO. The Labute approximate surface area is 146 Å². The summed E-state index contributed by atoms with van der Waals surface area (Å²) in [6.07, 6.45) is 3.70. The minimum Gasteiger partial charge on any atom is -0.385 e. The molecule has 0 unspecified atom stereocenters. The van der Waals surface area contributed by atoms with Gasteiger partial charge in [0.25, 0.3) is 0 Å². The van der Waals surface area contributed by atoms with E-state index in [1.165, 1.54) is 43.6 Å². The van der Waals surface area contributed by atoms with E-state index >= 15 is 0 Å². The van der Waals surface area contributed by atoms with E-state index < -0.39 is 0 Å². The molecular weight excluding hydrogens is 294 g/mol. The molecule has 3 rings (SSSR count). The lowest BCUT2D eigenvalue weighted by atomic mass is 9.76. The maximum absolute atomic E-state index is 5.18. The van der Waals surface area contributed by atoms with Gasteiger partial charge in [0, 0.05) is 26.2 Å². The van der Waals surface area contributed by atoms with Crippen molar-refractivity contribution < 1.29 is 4.74 Å². The van der Waals surface area contributed by atoms with Crippen LogP contribution in [-0.2, 0) is 4.74 Å². The van der Waals surface area contributed by atoms with E-state index in [1.54, 1.807) is 7.11 Å². The molecule has 1 aliphatic heterocycles. The zero-order chi connectivity index (χ0) is 16.6. The van der Waals surface area contributed by atoms with Crippen LogP contribution in [0.2, 0.25) is 0 Å². The predicted octanol–water partition coefficient (Wildman–Crippen LogP) is 4.57. The summed E-state index contributed by atoms with van der Waals surface area (Å²) in [5, 5.41) is 0. The predicted molar refractivity (Wildman–Crippen MR) is 100 cm³/mol. The Morgan fingerprint density at radius 2 is 1.46 bits per heavy atom. The van der Waals surface area contributed by atoms with Crippen molar-refractivity contribution >= 4 is 0 Å². The van der Waals surface area contributed by atoms with Crippen LogP contribution in [0.3, 0.4) is 0 Å². The molecule has 2 heteroatoms. The van der Waals surface area contributed by atoms with Crippen LogP contribution >= 0.6 is 0 Å². The van der Waals surface area contributed by atoms with Gasteiger partial charge in [0.1, 0.15) is 0 Å². The number of rotatable bonds is 7. The van der Waals surface area contributed by atoms with Crippen molar-refractivity contribution in [3.8, 4) is 0 Å². The monoisotopic (exact) mass is 323 g/mol. The molecule has 1 aliphatic rings. The fourth-order valence-electron chi connectivity index (χ4n) is 4.00. The fraction of sp³-hybridized carbons (Fsp3) is 0.455. The molecule has 1 heterocycles. The third kappa shape index (κ3) is 4.46. The third-order valence-electron chi connectivity index (χ3n) is 5.24. The maximum atomic E-state index is 5.18. The van der Waals surface area contributed by atoms with Crippen LogP contribution < -0.4 is 0 Å². The number of hydrogen-bond donors (Lipinski definition) is 0. The van der Waals surface area contributed by atoms with Crippen LogP contribution in [0.5, 0.6) is 0 Å². The fourth-order valence-corrected chi connectivity index (χ4v) is 4.00. The summed E-state index contributed by atoms with van der Waals surface area (Å²) in [7, 11) is 1.79. The number of likely N-dealkylation sites (tertiary alicyclic amines) is 1. The minimum absolute atomic E-state index is 0.522. The molecule has 2 aromatic rings. The van der Waals surface area contributed by atoms with Gasteiger partial charge in [-0.3, -0.25) is 0 Å². The highest BCUT2D eigenvalue weighted by Crippen LogP contribution is 2.37. The maximum Gasteiger partial charge on any atom is 0.0474 e. The molecule has 24 heavy (non-hydrogen) atoms. The molecule has 1 saturated heterocycles. The topological polar surface area (TPSA) is 12.5 Å². The Balaban J connectivity index is 1.69. The molecule has 0 atom stereocenters. The van der Waals surface area contributed by atoms with Crippen LogP contribution in [0, 0.1) is 5.92 Å².